The van der Waals surface area contributed by atoms with Crippen LogP contribution < -0.4 is 4.74 Å². The molecule has 1 aromatic heterocycles. The fourth-order valence-electron chi connectivity index (χ4n) is 1.81. The molecule has 2 aromatic rings. The molecule has 0 N–H and O–H groups in total. The number of methoxy groups -OCH3 is 1. The largest absolute Gasteiger partial charge is 0.496 e. The Balaban J connectivity index is 2.56. The van der Waals surface area contributed by atoms with Gasteiger partial charge in [-0.1, -0.05) is 17.7 Å². The maximum atomic E-state index is 12.4. The lowest BCUT2D eigenvalue weighted by Gasteiger charge is -2.12. The van der Waals surface area contributed by atoms with Gasteiger partial charge in [-0.15, -0.1) is 11.3 Å². The van der Waals surface area contributed by atoms with E-state index in [1.165, 1.54) is 11.3 Å². The number of thiophene rings is 1. The van der Waals surface area contributed by atoms with Gasteiger partial charge in [0.05, 0.1) is 22.6 Å². The van der Waals surface area contributed by atoms with Gasteiger partial charge in [-0.25, -0.2) is 0 Å². The van der Waals surface area contributed by atoms with Crippen molar-refractivity contribution in [3.8, 4) is 5.75 Å². The highest BCUT2D eigenvalue weighted by atomic mass is 35.5. The molecule has 18 heavy (non-hydrogen) atoms. The van der Waals surface area contributed by atoms with E-state index >= 15 is 0 Å². The summed E-state index contributed by atoms with van der Waals surface area (Å²) in [6.07, 6.45) is 0. The predicted molar refractivity (Wildman–Crippen MR) is 75.2 cm³/mol. The highest BCUT2D eigenvalue weighted by Gasteiger charge is 2.20. The van der Waals surface area contributed by atoms with Gasteiger partial charge in [-0.3, -0.25) is 4.79 Å². The Morgan fingerprint density at radius 2 is 2.00 bits per heavy atom. The molecule has 0 radical (unpaired) electrons. The number of ketones is 1. The molecule has 0 bridgehead atoms. The first kappa shape index (κ1) is 13.1. The summed E-state index contributed by atoms with van der Waals surface area (Å²) in [4.78, 5) is 13.0. The average molecular weight is 281 g/mol. The van der Waals surface area contributed by atoms with Crippen LogP contribution in [0.5, 0.6) is 5.75 Å². The van der Waals surface area contributed by atoms with E-state index in [2.05, 4.69) is 0 Å². The molecule has 0 saturated heterocycles. The molecule has 0 aliphatic rings. The molecule has 1 heterocycles. The molecule has 0 amide bonds. The summed E-state index contributed by atoms with van der Waals surface area (Å²) >= 11 is 7.34. The second kappa shape index (κ2) is 5.12. The Kier molecular flexibility index (Phi) is 3.73. The minimum atomic E-state index is -0.0880. The summed E-state index contributed by atoms with van der Waals surface area (Å²) in [5.41, 5.74) is 2.64. The van der Waals surface area contributed by atoms with Crippen molar-refractivity contribution in [1.29, 1.82) is 0 Å². The summed E-state index contributed by atoms with van der Waals surface area (Å²) in [5, 5.41) is 2.30. The maximum absolute atomic E-state index is 12.4. The Bertz CT molecular complexity index is 602. The van der Waals surface area contributed by atoms with Crippen molar-refractivity contribution in [2.75, 3.05) is 7.11 Å². The van der Waals surface area contributed by atoms with Crippen molar-refractivity contribution in [3.05, 3.63) is 50.2 Å². The lowest BCUT2D eigenvalue weighted by atomic mass is 10.0. The fourth-order valence-corrected chi connectivity index (χ4v) is 2.90. The van der Waals surface area contributed by atoms with Crippen molar-refractivity contribution in [3.63, 3.8) is 0 Å². The molecule has 0 atom stereocenters. The van der Waals surface area contributed by atoms with E-state index in [-0.39, 0.29) is 5.78 Å². The summed E-state index contributed by atoms with van der Waals surface area (Å²) in [6, 6.07) is 5.44. The second-order valence-electron chi connectivity index (χ2n) is 4.02. The van der Waals surface area contributed by atoms with Crippen LogP contribution in [0.2, 0.25) is 5.02 Å². The monoisotopic (exact) mass is 280 g/mol. The number of hydrogen-bond acceptors (Lipinski definition) is 3. The third-order valence-corrected chi connectivity index (χ3v) is 4.29. The first-order chi connectivity index (χ1) is 8.56. The maximum Gasteiger partial charge on any atom is 0.208 e. The van der Waals surface area contributed by atoms with Crippen LogP contribution >= 0.6 is 22.9 Å². The molecule has 2 rings (SSSR count). The van der Waals surface area contributed by atoms with E-state index in [1.54, 1.807) is 19.2 Å². The van der Waals surface area contributed by atoms with Crippen LogP contribution in [0.15, 0.2) is 23.6 Å². The highest BCUT2D eigenvalue weighted by molar-refractivity contribution is 7.13. The molecule has 0 saturated carbocycles. The minimum Gasteiger partial charge on any atom is -0.496 e. The Morgan fingerprint density at radius 1 is 1.28 bits per heavy atom. The van der Waals surface area contributed by atoms with E-state index in [0.717, 1.165) is 11.1 Å². The molecule has 0 aliphatic carbocycles. The third kappa shape index (κ3) is 2.16. The van der Waals surface area contributed by atoms with Gasteiger partial charge in [0.2, 0.25) is 5.78 Å². The van der Waals surface area contributed by atoms with Crippen molar-refractivity contribution in [2.45, 2.75) is 13.8 Å². The molecule has 1 aromatic carbocycles. The van der Waals surface area contributed by atoms with Crippen LogP contribution in [0.4, 0.5) is 0 Å². The number of carbonyl (C=O) groups excluding carboxylic acids is 1. The van der Waals surface area contributed by atoms with Gasteiger partial charge in [0.1, 0.15) is 5.75 Å². The van der Waals surface area contributed by atoms with Crippen LogP contribution in [0.1, 0.15) is 26.4 Å². The van der Waals surface area contributed by atoms with Crippen molar-refractivity contribution < 1.29 is 9.53 Å². The van der Waals surface area contributed by atoms with Gasteiger partial charge in [-0.2, -0.15) is 0 Å². The Hall–Kier alpha value is -1.32. The van der Waals surface area contributed by atoms with Crippen LogP contribution in [-0.2, 0) is 0 Å². The summed E-state index contributed by atoms with van der Waals surface area (Å²) < 4.78 is 5.36. The number of benzene rings is 1. The summed E-state index contributed by atoms with van der Waals surface area (Å²) in [5.74, 6) is 0.541. The fraction of sp³-hybridized carbons (Fsp3) is 0.214. The van der Waals surface area contributed by atoms with Gasteiger partial charge in [0.15, 0.2) is 0 Å². The van der Waals surface area contributed by atoms with Crippen LogP contribution in [-0.4, -0.2) is 12.9 Å². The van der Waals surface area contributed by atoms with Gasteiger partial charge < -0.3 is 4.74 Å². The number of ether oxygens (including phenoxy) is 1. The molecule has 0 spiro atoms. The lowest BCUT2D eigenvalue weighted by molar-refractivity contribution is 0.103. The zero-order valence-corrected chi connectivity index (χ0v) is 12.0. The molecule has 0 unspecified atom stereocenters. The standard InChI is InChI=1S/C14H13ClO2S/c1-8-4-5-10(13(17-3)9(8)2)12(16)14-11(15)6-7-18-14/h4-7H,1-3H3. The van der Waals surface area contributed by atoms with Crippen LogP contribution in [0.3, 0.4) is 0 Å². The summed E-state index contributed by atoms with van der Waals surface area (Å²) in [6.45, 7) is 3.94. The zero-order valence-electron chi connectivity index (χ0n) is 10.4. The first-order valence-corrected chi connectivity index (χ1v) is 6.74. The molecule has 0 aliphatic heterocycles. The van der Waals surface area contributed by atoms with Gasteiger partial charge in [0, 0.05) is 0 Å². The van der Waals surface area contributed by atoms with Crippen molar-refractivity contribution in [1.82, 2.24) is 0 Å². The number of carbonyl (C=O) groups is 1. The number of aryl methyl sites for hydroxylation is 1. The molecule has 2 nitrogen and oxygen atoms in total. The minimum absolute atomic E-state index is 0.0880. The number of rotatable bonds is 3. The normalized spacial score (nSPS) is 10.4. The zero-order chi connectivity index (χ0) is 13.3. The van der Waals surface area contributed by atoms with Crippen LogP contribution in [0, 0.1) is 13.8 Å². The number of hydrogen-bond donors (Lipinski definition) is 0. The van der Waals surface area contributed by atoms with Crippen LogP contribution in [0.25, 0.3) is 0 Å². The number of halogens is 1. The third-order valence-electron chi connectivity index (χ3n) is 2.95. The predicted octanol–water partition coefficient (Wildman–Crippen LogP) is 4.26. The molecular formula is C14H13ClO2S. The second-order valence-corrected chi connectivity index (χ2v) is 5.34. The topological polar surface area (TPSA) is 26.3 Å². The van der Waals surface area contributed by atoms with E-state index in [0.29, 0.717) is 21.2 Å². The molecule has 94 valence electrons. The molecule has 0 fully saturated rings. The Morgan fingerprint density at radius 3 is 2.56 bits per heavy atom. The van der Waals surface area contributed by atoms with Crippen molar-refractivity contribution in [2.24, 2.45) is 0 Å². The first-order valence-electron chi connectivity index (χ1n) is 5.48. The van der Waals surface area contributed by atoms with E-state index < -0.39 is 0 Å². The smallest absolute Gasteiger partial charge is 0.208 e. The van der Waals surface area contributed by atoms with Gasteiger partial charge in [-0.05, 0) is 42.5 Å². The van der Waals surface area contributed by atoms with Crippen molar-refractivity contribution >= 4 is 28.7 Å². The molecule has 4 heteroatoms. The SMILES string of the molecule is COc1c(C(=O)c2sccc2Cl)ccc(C)c1C. The summed E-state index contributed by atoms with van der Waals surface area (Å²) in [7, 11) is 1.58. The van der Waals surface area contributed by atoms with E-state index in [4.69, 9.17) is 16.3 Å². The lowest BCUT2D eigenvalue weighted by Crippen LogP contribution is -2.04. The van der Waals surface area contributed by atoms with Gasteiger partial charge in [0.25, 0.3) is 0 Å². The van der Waals surface area contributed by atoms with E-state index in [1.807, 2.05) is 25.3 Å². The molecular weight excluding hydrogens is 268 g/mol. The quantitative estimate of drug-likeness (QED) is 0.786. The highest BCUT2D eigenvalue weighted by Crippen LogP contribution is 2.31. The average Bonchev–Trinajstić information content (AvgIpc) is 2.78. The van der Waals surface area contributed by atoms with Gasteiger partial charge >= 0.3 is 0 Å². The van der Waals surface area contributed by atoms with E-state index in [9.17, 15) is 4.79 Å². The Labute approximate surface area is 115 Å².